The van der Waals surface area contributed by atoms with Crippen molar-refractivity contribution in [3.63, 3.8) is 0 Å². The van der Waals surface area contributed by atoms with Crippen LogP contribution >= 0.6 is 10.5 Å². The van der Waals surface area contributed by atoms with Crippen molar-refractivity contribution in [3.8, 4) is 4.90 Å². The normalized spacial score (nSPS) is 12.4. The van der Waals surface area contributed by atoms with E-state index in [-0.39, 0.29) is 21.4 Å². The third-order valence-corrected chi connectivity index (χ3v) is 12.5. The van der Waals surface area contributed by atoms with Gasteiger partial charge in [0.15, 0.2) is 29.0 Å². The minimum atomic E-state index is 0.0338. The summed E-state index contributed by atoms with van der Waals surface area (Å²) in [6.07, 6.45) is 1.06. The third-order valence-electron chi connectivity index (χ3n) is 7.78. The van der Waals surface area contributed by atoms with Crippen molar-refractivity contribution in [1.29, 1.82) is 0 Å². The molecule has 0 saturated carbocycles. The van der Waals surface area contributed by atoms with Gasteiger partial charge in [0.2, 0.25) is 0 Å². The third kappa shape index (κ3) is 4.88. The molecule has 1 aromatic heterocycles. The van der Waals surface area contributed by atoms with Crippen LogP contribution in [0.5, 0.6) is 0 Å². The Morgan fingerprint density at radius 1 is 0.415 bits per heavy atom. The van der Waals surface area contributed by atoms with Gasteiger partial charge in [-0.1, -0.05) is 96.1 Å². The molecular weight excluding hydrogens is 533 g/mol. The fraction of sp³-hybridized carbons (Fsp3) is 0.0769. The number of aryl methyl sites for hydroxylation is 2. The molecule has 8 rings (SSSR count). The van der Waals surface area contributed by atoms with E-state index in [2.05, 4.69) is 159 Å². The maximum atomic E-state index is 2.30. The number of thiophene rings is 1. The molecule has 2 heterocycles. The van der Waals surface area contributed by atoms with Crippen molar-refractivity contribution in [2.24, 2.45) is 0 Å². The molecular formula is C39H32S2+2. The fourth-order valence-electron chi connectivity index (χ4n) is 5.73. The zero-order valence-corrected chi connectivity index (χ0v) is 25.0. The maximum Gasteiger partial charge on any atom is 0.187 e. The zero-order chi connectivity index (χ0) is 27.8. The Bertz CT molecular complexity index is 1880. The van der Waals surface area contributed by atoms with Gasteiger partial charge >= 0.3 is 0 Å². The van der Waals surface area contributed by atoms with Gasteiger partial charge in [-0.25, -0.2) is 0 Å². The molecule has 1 aliphatic rings. The molecule has 0 bridgehead atoms. The van der Waals surface area contributed by atoms with Gasteiger partial charge in [-0.05, 0) is 74.5 Å². The van der Waals surface area contributed by atoms with Crippen LogP contribution in [0.25, 0.3) is 25.1 Å². The molecule has 1 aliphatic heterocycles. The van der Waals surface area contributed by atoms with E-state index >= 15 is 0 Å². The molecule has 41 heavy (non-hydrogen) atoms. The Hall–Kier alpha value is -4.11. The summed E-state index contributed by atoms with van der Waals surface area (Å²) < 4.78 is 2.91. The SMILES string of the molecule is Cc1ccc(-[s+]2c3ccccc3c3ccccc32)cc1.Cc1ccc([S+]2c3ccccc3Cc3ccccc32)cc1. The molecule has 2 heteroatoms. The van der Waals surface area contributed by atoms with E-state index < -0.39 is 0 Å². The van der Waals surface area contributed by atoms with Gasteiger partial charge < -0.3 is 0 Å². The van der Waals surface area contributed by atoms with Gasteiger partial charge in [-0.2, -0.15) is 0 Å². The zero-order valence-electron chi connectivity index (χ0n) is 23.4. The molecule has 0 amide bonds. The summed E-state index contributed by atoms with van der Waals surface area (Å²) in [5.74, 6) is 0. The lowest BCUT2D eigenvalue weighted by Crippen LogP contribution is -2.15. The van der Waals surface area contributed by atoms with Crippen LogP contribution < -0.4 is 0 Å². The first-order valence-corrected chi connectivity index (χ1v) is 16.6. The predicted octanol–water partition coefficient (Wildman–Crippen LogP) is 11.0. The molecule has 0 aliphatic carbocycles. The Balaban J connectivity index is 0.000000135. The van der Waals surface area contributed by atoms with Crippen LogP contribution in [-0.2, 0) is 17.3 Å². The van der Waals surface area contributed by atoms with Crippen LogP contribution in [0.4, 0.5) is 0 Å². The topological polar surface area (TPSA) is 0 Å². The minimum Gasteiger partial charge on any atom is -0.0616 e. The van der Waals surface area contributed by atoms with E-state index in [4.69, 9.17) is 0 Å². The molecule has 0 atom stereocenters. The average molecular weight is 565 g/mol. The molecule has 0 fully saturated rings. The Morgan fingerprint density at radius 3 is 1.34 bits per heavy atom. The summed E-state index contributed by atoms with van der Waals surface area (Å²) >= 11 is 0. The quantitative estimate of drug-likeness (QED) is 0.183. The minimum absolute atomic E-state index is 0.0338. The van der Waals surface area contributed by atoms with Crippen molar-refractivity contribution in [1.82, 2.24) is 0 Å². The molecule has 0 saturated heterocycles. The van der Waals surface area contributed by atoms with Crippen LogP contribution in [0.2, 0.25) is 0 Å². The molecule has 198 valence electrons. The standard InChI is InChI=1S/C20H17S.C19H15S/c1-15-10-12-18(13-11-15)21-19-8-4-2-6-16(19)14-17-7-3-5-9-20(17)21;1-14-10-12-15(13-11-14)20-18-8-4-2-6-16(18)17-7-3-5-9-19(17)20/h2-13H,14H2,1H3;2-13H,1H3/q2*+1. The lowest BCUT2D eigenvalue weighted by Gasteiger charge is -2.19. The van der Waals surface area contributed by atoms with Crippen LogP contribution in [0.15, 0.2) is 160 Å². The molecule has 0 radical (unpaired) electrons. The molecule has 0 spiro atoms. The largest absolute Gasteiger partial charge is 0.187 e. The number of rotatable bonds is 2. The molecule has 7 aromatic rings. The highest BCUT2D eigenvalue weighted by Gasteiger charge is 2.36. The molecule has 0 unspecified atom stereocenters. The maximum absolute atomic E-state index is 2.30. The van der Waals surface area contributed by atoms with Gasteiger partial charge in [0, 0.05) is 38.8 Å². The lowest BCUT2D eigenvalue weighted by molar-refractivity contribution is 1.04. The highest BCUT2D eigenvalue weighted by Crippen LogP contribution is 2.48. The van der Waals surface area contributed by atoms with E-state index in [1.165, 1.54) is 62.0 Å². The summed E-state index contributed by atoms with van der Waals surface area (Å²) in [5.41, 5.74) is 5.58. The van der Waals surface area contributed by atoms with Crippen molar-refractivity contribution in [2.75, 3.05) is 0 Å². The highest BCUT2D eigenvalue weighted by atomic mass is 32.2. The van der Waals surface area contributed by atoms with E-state index in [1.807, 2.05) is 0 Å². The Morgan fingerprint density at radius 2 is 0.829 bits per heavy atom. The van der Waals surface area contributed by atoms with Crippen LogP contribution in [-0.4, -0.2) is 0 Å². The van der Waals surface area contributed by atoms with Crippen LogP contribution in [0, 0.1) is 13.8 Å². The van der Waals surface area contributed by atoms with E-state index in [1.54, 1.807) is 0 Å². The Labute approximate surface area is 248 Å². The van der Waals surface area contributed by atoms with Gasteiger partial charge in [0.25, 0.3) is 0 Å². The van der Waals surface area contributed by atoms with Crippen molar-refractivity contribution >= 4 is 41.5 Å². The van der Waals surface area contributed by atoms with Crippen molar-refractivity contribution in [2.45, 2.75) is 35.0 Å². The first kappa shape index (κ1) is 25.8. The highest BCUT2D eigenvalue weighted by molar-refractivity contribution is 7.97. The van der Waals surface area contributed by atoms with Crippen LogP contribution in [0.1, 0.15) is 22.3 Å². The molecule has 0 nitrogen and oxygen atoms in total. The van der Waals surface area contributed by atoms with E-state index in [0.717, 1.165) is 6.42 Å². The predicted molar refractivity (Wildman–Crippen MR) is 179 cm³/mol. The second-order valence-electron chi connectivity index (χ2n) is 10.6. The van der Waals surface area contributed by atoms with Crippen LogP contribution in [0.3, 0.4) is 0 Å². The fourth-order valence-corrected chi connectivity index (χ4v) is 10.5. The van der Waals surface area contributed by atoms with Crippen molar-refractivity contribution < 1.29 is 0 Å². The molecule has 6 aromatic carbocycles. The second-order valence-corrected chi connectivity index (χ2v) is 14.5. The van der Waals surface area contributed by atoms with Gasteiger partial charge in [0.05, 0.1) is 10.9 Å². The summed E-state index contributed by atoms with van der Waals surface area (Å²) in [4.78, 5) is 5.80. The number of fused-ring (bicyclic) bond motifs is 5. The summed E-state index contributed by atoms with van der Waals surface area (Å²) in [6, 6.07) is 53.4. The summed E-state index contributed by atoms with van der Waals surface area (Å²) in [6.45, 7) is 4.29. The monoisotopic (exact) mass is 564 g/mol. The number of benzene rings is 6. The summed E-state index contributed by atoms with van der Waals surface area (Å²) in [5, 5.41) is 2.79. The molecule has 0 N–H and O–H groups in total. The van der Waals surface area contributed by atoms with Gasteiger partial charge in [0.1, 0.15) is 0 Å². The number of hydrogen-bond acceptors (Lipinski definition) is 0. The Kier molecular flexibility index (Phi) is 6.96. The van der Waals surface area contributed by atoms with E-state index in [0.29, 0.717) is 0 Å². The van der Waals surface area contributed by atoms with Crippen molar-refractivity contribution in [3.05, 3.63) is 168 Å². The van der Waals surface area contributed by atoms with Gasteiger partial charge in [-0.15, -0.1) is 0 Å². The van der Waals surface area contributed by atoms with E-state index in [9.17, 15) is 0 Å². The first-order valence-electron chi connectivity index (χ1n) is 14.1. The first-order chi connectivity index (χ1) is 20.2. The van der Waals surface area contributed by atoms with Gasteiger partial charge in [-0.3, -0.25) is 0 Å². The number of hydrogen-bond donors (Lipinski definition) is 0. The smallest absolute Gasteiger partial charge is 0.0616 e. The average Bonchev–Trinajstić information content (AvgIpc) is 3.36. The lowest BCUT2D eigenvalue weighted by atomic mass is 10.0. The second kappa shape index (κ2) is 11.0. The summed E-state index contributed by atoms with van der Waals surface area (Å²) in [7, 11) is 0.0850.